The van der Waals surface area contributed by atoms with Gasteiger partial charge in [-0.25, -0.2) is 18.7 Å². The number of rotatable bonds is 6. The maximum Gasteiger partial charge on any atom is 0.190 e. The average molecular weight is 366 g/mol. The van der Waals surface area contributed by atoms with Gasteiger partial charge in [0.05, 0.1) is 12.3 Å². The van der Waals surface area contributed by atoms with E-state index in [9.17, 15) is 13.9 Å². The molecule has 1 aliphatic rings. The number of hydrogen-bond acceptors (Lipinski definition) is 6. The Balaban J connectivity index is 1.83. The molecule has 0 amide bonds. The van der Waals surface area contributed by atoms with Gasteiger partial charge >= 0.3 is 0 Å². The van der Waals surface area contributed by atoms with E-state index in [-0.39, 0.29) is 24.0 Å². The lowest BCUT2D eigenvalue weighted by molar-refractivity contribution is 0.281. The van der Waals surface area contributed by atoms with Crippen LogP contribution in [0.1, 0.15) is 23.7 Å². The lowest BCUT2D eigenvalue weighted by atomic mass is 10.1. The monoisotopic (exact) mass is 366 g/mol. The van der Waals surface area contributed by atoms with E-state index in [1.807, 2.05) is 6.92 Å². The second-order valence-electron chi connectivity index (χ2n) is 5.94. The lowest BCUT2D eigenvalue weighted by Crippen LogP contribution is -2.28. The summed E-state index contributed by atoms with van der Waals surface area (Å²) in [6.45, 7) is 3.35. The van der Waals surface area contributed by atoms with E-state index < -0.39 is 11.6 Å². The van der Waals surface area contributed by atoms with Gasteiger partial charge in [-0.05, 0) is 26.0 Å². The van der Waals surface area contributed by atoms with Crippen LogP contribution in [0.4, 0.5) is 14.6 Å². The summed E-state index contributed by atoms with van der Waals surface area (Å²) in [5.74, 6) is -0.741. The number of aliphatic hydroxyl groups excluding tert-OH is 1. The van der Waals surface area contributed by atoms with E-state index in [0.717, 1.165) is 30.3 Å². The summed E-state index contributed by atoms with van der Waals surface area (Å²) >= 11 is 1.26. The fourth-order valence-corrected chi connectivity index (χ4v) is 3.44. The Hall–Kier alpha value is -1.77. The third-order valence-electron chi connectivity index (χ3n) is 3.96. The quantitative estimate of drug-likeness (QED) is 0.539. The summed E-state index contributed by atoms with van der Waals surface area (Å²) in [5.41, 5.74) is 2.22. The Morgan fingerprint density at radius 2 is 2.20 bits per heavy atom. The van der Waals surface area contributed by atoms with Crippen molar-refractivity contribution in [3.63, 3.8) is 0 Å². The molecule has 1 aliphatic heterocycles. The van der Waals surface area contributed by atoms with Crippen LogP contribution in [0.25, 0.3) is 0 Å². The van der Waals surface area contributed by atoms with Crippen molar-refractivity contribution in [1.29, 1.82) is 0 Å². The molecule has 1 atom stereocenters. The molecular weight excluding hydrogens is 346 g/mol. The molecule has 2 aromatic rings. The average Bonchev–Trinajstić information content (AvgIpc) is 2.63. The summed E-state index contributed by atoms with van der Waals surface area (Å²) in [6, 6.07) is 4.01. The summed E-state index contributed by atoms with van der Waals surface area (Å²) in [6.07, 6.45) is 0.805. The number of benzene rings is 1. The standard InChI is InChI=1S/C17H20F2N4OS/c1-10(8-24)21-16-12-5-6-20-7-14(12)22-17(23-16)25-9-11-3-2-4-13(18)15(11)19/h2-4,10,20,24H,5-9H2,1H3,(H,21,22,23)/t10-/m1/s1. The number of thioether (sulfide) groups is 1. The second kappa shape index (κ2) is 8.07. The van der Waals surface area contributed by atoms with Gasteiger partial charge in [-0.3, -0.25) is 0 Å². The highest BCUT2D eigenvalue weighted by Gasteiger charge is 2.19. The number of aliphatic hydroxyl groups is 1. The predicted octanol–water partition coefficient (Wildman–Crippen LogP) is 2.49. The molecule has 0 saturated heterocycles. The molecule has 3 N–H and O–H groups in total. The number of nitrogens with zero attached hydrogens (tertiary/aromatic N) is 2. The third kappa shape index (κ3) is 4.26. The number of halogens is 2. The van der Waals surface area contributed by atoms with Crippen LogP contribution in [0.2, 0.25) is 0 Å². The minimum absolute atomic E-state index is 0.00595. The van der Waals surface area contributed by atoms with E-state index in [4.69, 9.17) is 0 Å². The molecule has 3 rings (SSSR count). The van der Waals surface area contributed by atoms with E-state index in [0.29, 0.717) is 17.5 Å². The van der Waals surface area contributed by atoms with Crippen molar-refractivity contribution in [2.75, 3.05) is 18.5 Å². The van der Waals surface area contributed by atoms with Gasteiger partial charge in [0.25, 0.3) is 0 Å². The van der Waals surface area contributed by atoms with Crippen molar-refractivity contribution in [1.82, 2.24) is 15.3 Å². The van der Waals surface area contributed by atoms with Gasteiger partial charge in [0.1, 0.15) is 5.82 Å². The van der Waals surface area contributed by atoms with Crippen molar-refractivity contribution in [3.05, 3.63) is 46.7 Å². The van der Waals surface area contributed by atoms with Crippen LogP contribution in [0, 0.1) is 11.6 Å². The normalized spacial score (nSPS) is 14.9. The van der Waals surface area contributed by atoms with Crippen molar-refractivity contribution < 1.29 is 13.9 Å². The first kappa shape index (κ1) is 18.0. The van der Waals surface area contributed by atoms with E-state index in [1.54, 1.807) is 6.07 Å². The molecule has 0 unspecified atom stereocenters. The fraction of sp³-hybridized carbons (Fsp3) is 0.412. The number of nitrogens with one attached hydrogen (secondary N) is 2. The Morgan fingerprint density at radius 1 is 1.36 bits per heavy atom. The van der Waals surface area contributed by atoms with Gasteiger partial charge in [-0.2, -0.15) is 0 Å². The van der Waals surface area contributed by atoms with Gasteiger partial charge < -0.3 is 15.7 Å². The molecule has 0 saturated carbocycles. The van der Waals surface area contributed by atoms with Crippen molar-refractivity contribution in [2.45, 2.75) is 36.8 Å². The number of fused-ring (bicyclic) bond motifs is 1. The number of aromatic nitrogens is 2. The molecule has 1 aromatic carbocycles. The Kier molecular flexibility index (Phi) is 5.82. The maximum absolute atomic E-state index is 13.8. The molecule has 0 spiro atoms. The van der Waals surface area contributed by atoms with Crippen LogP contribution >= 0.6 is 11.8 Å². The Morgan fingerprint density at radius 3 is 3.00 bits per heavy atom. The molecule has 0 radical (unpaired) electrons. The van der Waals surface area contributed by atoms with Crippen LogP contribution in [0.5, 0.6) is 0 Å². The molecule has 0 bridgehead atoms. The first-order chi connectivity index (χ1) is 12.1. The highest BCUT2D eigenvalue weighted by molar-refractivity contribution is 7.98. The topological polar surface area (TPSA) is 70.1 Å². The van der Waals surface area contributed by atoms with Crippen LogP contribution < -0.4 is 10.6 Å². The molecule has 2 heterocycles. The van der Waals surface area contributed by atoms with Gasteiger partial charge in [0.15, 0.2) is 16.8 Å². The molecule has 25 heavy (non-hydrogen) atoms. The van der Waals surface area contributed by atoms with Gasteiger partial charge in [0.2, 0.25) is 0 Å². The van der Waals surface area contributed by atoms with E-state index >= 15 is 0 Å². The Bertz CT molecular complexity index is 760. The van der Waals surface area contributed by atoms with Crippen LogP contribution in [-0.4, -0.2) is 34.3 Å². The zero-order valence-electron chi connectivity index (χ0n) is 13.9. The summed E-state index contributed by atoms with van der Waals surface area (Å²) in [7, 11) is 0. The first-order valence-corrected chi connectivity index (χ1v) is 9.10. The largest absolute Gasteiger partial charge is 0.394 e. The summed E-state index contributed by atoms with van der Waals surface area (Å²) in [5, 5.41) is 16.2. The highest BCUT2D eigenvalue weighted by Crippen LogP contribution is 2.27. The molecule has 134 valence electrons. The summed E-state index contributed by atoms with van der Waals surface area (Å²) < 4.78 is 27.1. The van der Waals surface area contributed by atoms with Crippen molar-refractivity contribution >= 4 is 17.6 Å². The molecule has 1 aromatic heterocycles. The van der Waals surface area contributed by atoms with Crippen LogP contribution in [0.15, 0.2) is 23.4 Å². The van der Waals surface area contributed by atoms with Crippen molar-refractivity contribution in [2.24, 2.45) is 0 Å². The van der Waals surface area contributed by atoms with E-state index in [2.05, 4.69) is 20.6 Å². The molecular formula is C17H20F2N4OS. The zero-order chi connectivity index (χ0) is 17.8. The van der Waals surface area contributed by atoms with Gasteiger partial charge in [-0.15, -0.1) is 0 Å². The molecule has 8 heteroatoms. The third-order valence-corrected chi connectivity index (χ3v) is 4.86. The maximum atomic E-state index is 13.8. The number of anilines is 1. The van der Waals surface area contributed by atoms with E-state index in [1.165, 1.54) is 17.8 Å². The van der Waals surface area contributed by atoms with Gasteiger partial charge in [0, 0.05) is 29.5 Å². The minimum Gasteiger partial charge on any atom is -0.394 e. The summed E-state index contributed by atoms with van der Waals surface area (Å²) in [4.78, 5) is 9.07. The fourth-order valence-electron chi connectivity index (χ4n) is 2.60. The Labute approximate surface area is 149 Å². The SMILES string of the molecule is C[C@H](CO)Nc1nc(SCc2cccc(F)c2F)nc2c1CCNC2. The smallest absolute Gasteiger partial charge is 0.190 e. The van der Waals surface area contributed by atoms with Crippen molar-refractivity contribution in [3.8, 4) is 0 Å². The van der Waals surface area contributed by atoms with Crippen LogP contribution in [-0.2, 0) is 18.7 Å². The minimum atomic E-state index is -0.854. The highest BCUT2D eigenvalue weighted by atomic mass is 32.2. The lowest BCUT2D eigenvalue weighted by Gasteiger charge is -2.22. The predicted molar refractivity (Wildman–Crippen MR) is 93.5 cm³/mol. The zero-order valence-corrected chi connectivity index (χ0v) is 14.7. The molecule has 0 fully saturated rings. The van der Waals surface area contributed by atoms with Gasteiger partial charge in [-0.1, -0.05) is 23.9 Å². The first-order valence-electron chi connectivity index (χ1n) is 8.12. The van der Waals surface area contributed by atoms with Crippen LogP contribution in [0.3, 0.4) is 0 Å². The second-order valence-corrected chi connectivity index (χ2v) is 6.88. The molecule has 0 aliphatic carbocycles. The molecule has 5 nitrogen and oxygen atoms in total. The number of hydrogen-bond donors (Lipinski definition) is 3.